The summed E-state index contributed by atoms with van der Waals surface area (Å²) in [7, 11) is 1.88. The number of hydrogen-bond donors (Lipinski definition) is 1. The predicted molar refractivity (Wildman–Crippen MR) is 60.4 cm³/mol. The molecule has 0 aliphatic heterocycles. The van der Waals surface area contributed by atoms with Crippen LogP contribution in [0.25, 0.3) is 0 Å². The average molecular weight is 270 g/mol. The average Bonchev–Trinajstić information content (AvgIpc) is 2.71. The summed E-state index contributed by atoms with van der Waals surface area (Å²) in [6.07, 6.45) is 3.53. The lowest BCUT2D eigenvalue weighted by atomic mass is 10.1. The van der Waals surface area contributed by atoms with Crippen molar-refractivity contribution in [1.82, 2.24) is 9.78 Å². The number of furan rings is 1. The number of hydrogen-bond acceptors (Lipinski definition) is 3. The first-order valence-electron chi connectivity index (χ1n) is 4.58. The maximum atomic E-state index is 6.10. The zero-order chi connectivity index (χ0) is 11.0. The molecular formula is C10H12BrN3O. The van der Waals surface area contributed by atoms with E-state index >= 15 is 0 Å². The van der Waals surface area contributed by atoms with Crippen LogP contribution in [0.2, 0.25) is 0 Å². The highest BCUT2D eigenvalue weighted by molar-refractivity contribution is 9.10. The maximum Gasteiger partial charge on any atom is 0.139 e. The summed E-state index contributed by atoms with van der Waals surface area (Å²) in [5, 5.41) is 4.25. The van der Waals surface area contributed by atoms with Crippen LogP contribution in [0.5, 0.6) is 0 Å². The Kier molecular flexibility index (Phi) is 2.67. The van der Waals surface area contributed by atoms with Gasteiger partial charge < -0.3 is 10.2 Å². The molecule has 0 amide bonds. The van der Waals surface area contributed by atoms with Crippen molar-refractivity contribution in [2.45, 2.75) is 13.0 Å². The first-order valence-corrected chi connectivity index (χ1v) is 5.37. The second-order valence-electron chi connectivity index (χ2n) is 3.45. The van der Waals surface area contributed by atoms with Crippen molar-refractivity contribution in [1.29, 1.82) is 0 Å². The highest BCUT2D eigenvalue weighted by Crippen LogP contribution is 2.28. The molecule has 2 rings (SSSR count). The number of nitrogens with zero attached hydrogens (tertiary/aromatic N) is 2. The number of aromatic nitrogens is 2. The normalized spacial score (nSPS) is 13.1. The molecule has 2 N–H and O–H groups in total. The third kappa shape index (κ3) is 1.85. The smallest absolute Gasteiger partial charge is 0.139 e. The summed E-state index contributed by atoms with van der Waals surface area (Å²) >= 11 is 3.39. The van der Waals surface area contributed by atoms with Crippen molar-refractivity contribution in [3.63, 3.8) is 0 Å². The van der Waals surface area contributed by atoms with E-state index in [0.717, 1.165) is 21.5 Å². The Morgan fingerprint density at radius 1 is 1.60 bits per heavy atom. The third-order valence-electron chi connectivity index (χ3n) is 2.31. The molecular weight excluding hydrogens is 258 g/mol. The van der Waals surface area contributed by atoms with Gasteiger partial charge in [0.25, 0.3) is 0 Å². The first kappa shape index (κ1) is 10.4. The third-order valence-corrected chi connectivity index (χ3v) is 2.97. The van der Waals surface area contributed by atoms with Crippen molar-refractivity contribution in [3.05, 3.63) is 40.0 Å². The van der Waals surface area contributed by atoms with E-state index in [2.05, 4.69) is 21.0 Å². The van der Waals surface area contributed by atoms with Crippen LogP contribution in [0.15, 0.2) is 27.4 Å². The Hall–Kier alpha value is -1.07. The minimum absolute atomic E-state index is 0.275. The van der Waals surface area contributed by atoms with E-state index in [-0.39, 0.29) is 6.04 Å². The Bertz CT molecular complexity index is 475. The Morgan fingerprint density at radius 3 is 2.80 bits per heavy atom. The molecule has 0 fully saturated rings. The van der Waals surface area contributed by atoms with Crippen LogP contribution < -0.4 is 5.73 Å². The van der Waals surface area contributed by atoms with Crippen molar-refractivity contribution >= 4 is 15.9 Å². The molecule has 0 saturated carbocycles. The summed E-state index contributed by atoms with van der Waals surface area (Å²) < 4.78 is 7.97. The molecule has 5 heteroatoms. The molecule has 2 heterocycles. The van der Waals surface area contributed by atoms with Crippen LogP contribution in [-0.2, 0) is 7.05 Å². The molecule has 0 spiro atoms. The van der Waals surface area contributed by atoms with E-state index in [1.165, 1.54) is 0 Å². The molecule has 0 aliphatic carbocycles. The van der Waals surface area contributed by atoms with E-state index in [4.69, 9.17) is 10.2 Å². The Labute approximate surface area is 96.2 Å². The van der Waals surface area contributed by atoms with E-state index < -0.39 is 0 Å². The fraction of sp³-hybridized carbons (Fsp3) is 0.300. The topological polar surface area (TPSA) is 57.0 Å². The number of nitrogens with two attached hydrogens (primary N) is 1. The van der Waals surface area contributed by atoms with E-state index in [0.29, 0.717) is 0 Å². The lowest BCUT2D eigenvalue weighted by Gasteiger charge is -2.07. The first-order chi connectivity index (χ1) is 7.09. The summed E-state index contributed by atoms with van der Waals surface area (Å²) in [5.74, 6) is 0.728. The lowest BCUT2D eigenvalue weighted by molar-refractivity contribution is 0.487. The lowest BCUT2D eigenvalue weighted by Crippen LogP contribution is -2.11. The molecule has 0 bridgehead atoms. The van der Waals surface area contributed by atoms with Gasteiger partial charge in [0.2, 0.25) is 0 Å². The van der Waals surface area contributed by atoms with Gasteiger partial charge in [0.1, 0.15) is 5.76 Å². The Balaban J connectivity index is 2.40. The van der Waals surface area contributed by atoms with Gasteiger partial charge in [-0.15, -0.1) is 0 Å². The summed E-state index contributed by atoms with van der Waals surface area (Å²) in [5.41, 5.74) is 8.00. The predicted octanol–water partition coefficient (Wildman–Crippen LogP) is 2.13. The molecule has 2 aromatic rings. The van der Waals surface area contributed by atoms with Gasteiger partial charge in [0.05, 0.1) is 22.5 Å². The van der Waals surface area contributed by atoms with Crippen LogP contribution in [-0.4, -0.2) is 9.78 Å². The summed E-state index contributed by atoms with van der Waals surface area (Å²) in [6.45, 7) is 1.94. The fourth-order valence-electron chi connectivity index (χ4n) is 1.59. The minimum atomic E-state index is -0.275. The van der Waals surface area contributed by atoms with Crippen LogP contribution in [0.3, 0.4) is 0 Å². The van der Waals surface area contributed by atoms with Gasteiger partial charge >= 0.3 is 0 Å². The molecule has 1 atom stereocenters. The Morgan fingerprint density at radius 2 is 2.33 bits per heavy atom. The van der Waals surface area contributed by atoms with Gasteiger partial charge in [-0.3, -0.25) is 4.68 Å². The van der Waals surface area contributed by atoms with E-state index in [9.17, 15) is 0 Å². The maximum absolute atomic E-state index is 6.10. The van der Waals surface area contributed by atoms with Crippen LogP contribution in [0, 0.1) is 6.92 Å². The monoisotopic (exact) mass is 269 g/mol. The second-order valence-corrected chi connectivity index (χ2v) is 4.31. The molecule has 0 aromatic carbocycles. The second kappa shape index (κ2) is 3.83. The van der Waals surface area contributed by atoms with Gasteiger partial charge in [-0.05, 0) is 28.9 Å². The van der Waals surface area contributed by atoms with Gasteiger partial charge in [-0.2, -0.15) is 5.10 Å². The van der Waals surface area contributed by atoms with Gasteiger partial charge in [-0.25, -0.2) is 0 Å². The summed E-state index contributed by atoms with van der Waals surface area (Å²) in [6, 6.07) is 1.56. The molecule has 4 nitrogen and oxygen atoms in total. The number of aryl methyl sites for hydroxylation is 2. The molecule has 80 valence electrons. The molecule has 0 saturated heterocycles. The van der Waals surface area contributed by atoms with Gasteiger partial charge in [0.15, 0.2) is 0 Å². The number of halogens is 1. The standard InChI is InChI=1S/C10H12BrN3O/c1-6-7(5-14(2)13-6)9(12)10-8(11)3-4-15-10/h3-5,9H,12H2,1-2H3. The molecule has 2 aromatic heterocycles. The molecule has 1 unspecified atom stereocenters. The molecule has 0 aliphatic rings. The van der Waals surface area contributed by atoms with E-state index in [1.54, 1.807) is 10.9 Å². The van der Waals surface area contributed by atoms with Crippen LogP contribution in [0.4, 0.5) is 0 Å². The zero-order valence-corrected chi connectivity index (χ0v) is 10.2. The van der Waals surface area contributed by atoms with Gasteiger partial charge in [-0.1, -0.05) is 0 Å². The van der Waals surface area contributed by atoms with Crippen molar-refractivity contribution in [2.75, 3.05) is 0 Å². The molecule has 0 radical (unpaired) electrons. The highest BCUT2D eigenvalue weighted by Gasteiger charge is 2.19. The molecule has 15 heavy (non-hydrogen) atoms. The van der Waals surface area contributed by atoms with Crippen LogP contribution >= 0.6 is 15.9 Å². The van der Waals surface area contributed by atoms with E-state index in [1.807, 2.05) is 26.2 Å². The largest absolute Gasteiger partial charge is 0.466 e. The van der Waals surface area contributed by atoms with Crippen molar-refractivity contribution in [2.24, 2.45) is 12.8 Å². The quantitative estimate of drug-likeness (QED) is 0.909. The van der Waals surface area contributed by atoms with Gasteiger partial charge in [0, 0.05) is 18.8 Å². The van der Waals surface area contributed by atoms with Crippen molar-refractivity contribution in [3.8, 4) is 0 Å². The summed E-state index contributed by atoms with van der Waals surface area (Å²) in [4.78, 5) is 0. The fourth-order valence-corrected chi connectivity index (χ4v) is 2.04. The van der Waals surface area contributed by atoms with Crippen molar-refractivity contribution < 1.29 is 4.42 Å². The highest BCUT2D eigenvalue weighted by atomic mass is 79.9. The van der Waals surface area contributed by atoms with Crippen LogP contribution in [0.1, 0.15) is 23.1 Å². The number of rotatable bonds is 2. The SMILES string of the molecule is Cc1nn(C)cc1C(N)c1occc1Br. The zero-order valence-electron chi connectivity index (χ0n) is 8.57. The minimum Gasteiger partial charge on any atom is -0.466 e.